The zero-order chi connectivity index (χ0) is 25.9. The highest BCUT2D eigenvalue weighted by Gasteiger charge is 2.73. The van der Waals surface area contributed by atoms with Gasteiger partial charge in [0.15, 0.2) is 18.0 Å². The van der Waals surface area contributed by atoms with Crippen LogP contribution in [0.4, 0.5) is 0 Å². The fourth-order valence-corrected chi connectivity index (χ4v) is 9.38. The average Bonchev–Trinajstić information content (AvgIpc) is 2.99. The van der Waals surface area contributed by atoms with Crippen molar-refractivity contribution in [2.24, 2.45) is 34.5 Å². The van der Waals surface area contributed by atoms with Crippen LogP contribution in [0.15, 0.2) is 23.8 Å². The number of Topliss-reactive ketones (excluding diaryl/α,β-unsaturated/α-hetero) is 1. The highest BCUT2D eigenvalue weighted by molar-refractivity contribution is 14.1. The monoisotopic (exact) mass is 598 g/mol. The Labute approximate surface area is 220 Å². The van der Waals surface area contributed by atoms with E-state index in [1.54, 1.807) is 19.1 Å². The molecule has 4 unspecified atom stereocenters. The van der Waals surface area contributed by atoms with Crippen molar-refractivity contribution in [2.45, 2.75) is 75.9 Å². The van der Waals surface area contributed by atoms with E-state index < -0.39 is 46.9 Å². The molecular formula is C27H35IO7. The van der Waals surface area contributed by atoms with Gasteiger partial charge in [0, 0.05) is 39.9 Å². The summed E-state index contributed by atoms with van der Waals surface area (Å²) in [6.07, 6.45) is 6.28. The predicted molar refractivity (Wildman–Crippen MR) is 136 cm³/mol. The number of fused-ring (bicyclic) bond motifs is 5. The van der Waals surface area contributed by atoms with Crippen molar-refractivity contribution in [1.29, 1.82) is 0 Å². The van der Waals surface area contributed by atoms with E-state index in [-0.39, 0.29) is 46.2 Å². The smallest absolute Gasteiger partial charge is 0.306 e. The standard InChI is InChI=1S/C27H35IO7/c1-6-22(33)35-27(21(32)13-34-15(3)29)14(2)9-18-23-19(28)11-16-10-17(30)7-8-25(16,4)24(23)20(31)12-26(18,27)5/h7-8,10,14,18-20,23-24,31H,6,9,11-13H2,1-5H3/t14-,18?,19+,20?,23?,24?,25-,26-,27-/m0/s1. The zero-order valence-electron chi connectivity index (χ0n) is 21.0. The molecule has 192 valence electrons. The lowest BCUT2D eigenvalue weighted by Crippen LogP contribution is -2.65. The summed E-state index contributed by atoms with van der Waals surface area (Å²) in [5.74, 6) is -1.87. The molecule has 8 heteroatoms. The molecule has 0 heterocycles. The molecule has 0 aromatic heterocycles. The largest absolute Gasteiger partial charge is 0.458 e. The van der Waals surface area contributed by atoms with E-state index in [0.717, 1.165) is 12.0 Å². The molecule has 4 aliphatic carbocycles. The van der Waals surface area contributed by atoms with Crippen LogP contribution < -0.4 is 0 Å². The van der Waals surface area contributed by atoms with Crippen LogP contribution in [0.3, 0.4) is 0 Å². The van der Waals surface area contributed by atoms with Gasteiger partial charge in [0.1, 0.15) is 0 Å². The number of halogens is 1. The minimum atomic E-state index is -1.49. The Morgan fingerprint density at radius 1 is 1.26 bits per heavy atom. The van der Waals surface area contributed by atoms with E-state index in [1.165, 1.54) is 6.92 Å². The Balaban J connectivity index is 1.81. The molecule has 3 fully saturated rings. The van der Waals surface area contributed by atoms with Crippen molar-refractivity contribution in [3.05, 3.63) is 23.8 Å². The normalized spacial score (nSPS) is 44.0. The molecule has 0 radical (unpaired) electrons. The molecule has 0 saturated heterocycles. The first-order valence-corrected chi connectivity index (χ1v) is 13.7. The van der Waals surface area contributed by atoms with E-state index in [4.69, 9.17) is 9.47 Å². The molecule has 0 aromatic carbocycles. The third kappa shape index (κ3) is 3.85. The second-order valence-electron chi connectivity index (χ2n) is 11.2. The predicted octanol–water partition coefficient (Wildman–Crippen LogP) is 3.75. The SMILES string of the molecule is CCC(=O)O[C@]1(C(=O)COC(C)=O)[C@@H](C)CC2C3C(C(O)C[C@@]21C)[C@@]1(C)C=CC(=O)C=C1C[C@H]3I. The van der Waals surface area contributed by atoms with Crippen molar-refractivity contribution in [1.82, 2.24) is 0 Å². The Morgan fingerprint density at radius 3 is 2.57 bits per heavy atom. The van der Waals surface area contributed by atoms with E-state index >= 15 is 0 Å². The molecule has 0 aliphatic heterocycles. The van der Waals surface area contributed by atoms with Crippen LogP contribution in [0.1, 0.15) is 60.3 Å². The number of aliphatic hydroxyl groups is 1. The van der Waals surface area contributed by atoms with E-state index in [0.29, 0.717) is 6.42 Å². The second kappa shape index (κ2) is 9.08. The number of aliphatic hydroxyl groups excluding tert-OH is 1. The van der Waals surface area contributed by atoms with Gasteiger partial charge in [-0.3, -0.25) is 19.2 Å². The highest BCUT2D eigenvalue weighted by atomic mass is 127. The molecule has 7 nitrogen and oxygen atoms in total. The molecule has 4 rings (SSSR count). The number of ether oxygens (including phenoxy) is 2. The van der Waals surface area contributed by atoms with Crippen molar-refractivity contribution in [2.75, 3.05) is 6.61 Å². The van der Waals surface area contributed by atoms with Gasteiger partial charge < -0.3 is 14.6 Å². The summed E-state index contributed by atoms with van der Waals surface area (Å²) in [7, 11) is 0. The second-order valence-corrected chi connectivity index (χ2v) is 12.8. The van der Waals surface area contributed by atoms with Crippen molar-refractivity contribution in [3.8, 4) is 0 Å². The van der Waals surface area contributed by atoms with Crippen LogP contribution in [0.5, 0.6) is 0 Å². The molecule has 0 bridgehead atoms. The molecule has 1 N–H and O–H groups in total. The lowest BCUT2D eigenvalue weighted by molar-refractivity contribution is -0.205. The summed E-state index contributed by atoms with van der Waals surface area (Å²) in [6.45, 7) is 8.45. The van der Waals surface area contributed by atoms with Gasteiger partial charge in [0.25, 0.3) is 0 Å². The Morgan fingerprint density at radius 2 is 1.94 bits per heavy atom. The van der Waals surface area contributed by atoms with Gasteiger partial charge in [-0.1, -0.05) is 61.9 Å². The minimum Gasteiger partial charge on any atom is -0.458 e. The van der Waals surface area contributed by atoms with Gasteiger partial charge in [-0.25, -0.2) is 0 Å². The van der Waals surface area contributed by atoms with Gasteiger partial charge in [-0.15, -0.1) is 0 Å². The number of hydrogen-bond acceptors (Lipinski definition) is 7. The average molecular weight is 598 g/mol. The molecule has 9 atom stereocenters. The van der Waals surface area contributed by atoms with Gasteiger partial charge in [-0.05, 0) is 43.3 Å². The Bertz CT molecular complexity index is 1020. The first-order chi connectivity index (χ1) is 16.3. The van der Waals surface area contributed by atoms with Crippen LogP contribution in [-0.2, 0) is 28.7 Å². The fourth-order valence-electron chi connectivity index (χ4n) is 7.96. The first-order valence-electron chi connectivity index (χ1n) is 12.5. The maximum absolute atomic E-state index is 13.8. The van der Waals surface area contributed by atoms with Crippen LogP contribution in [0, 0.1) is 34.5 Å². The number of ketones is 2. The maximum Gasteiger partial charge on any atom is 0.306 e. The summed E-state index contributed by atoms with van der Waals surface area (Å²) in [5.41, 5.74) is -1.71. The number of rotatable bonds is 5. The lowest BCUT2D eigenvalue weighted by atomic mass is 9.46. The quantitative estimate of drug-likeness (QED) is 0.292. The summed E-state index contributed by atoms with van der Waals surface area (Å²) < 4.78 is 11.3. The van der Waals surface area contributed by atoms with Crippen LogP contribution in [0.25, 0.3) is 0 Å². The van der Waals surface area contributed by atoms with Crippen molar-refractivity contribution in [3.63, 3.8) is 0 Å². The molecule has 0 aromatic rings. The summed E-state index contributed by atoms with van der Waals surface area (Å²) in [6, 6.07) is 0. The molecule has 4 aliphatic rings. The molecular weight excluding hydrogens is 563 g/mol. The number of alkyl halides is 1. The van der Waals surface area contributed by atoms with Crippen LogP contribution in [-0.4, -0.2) is 50.8 Å². The third-order valence-corrected chi connectivity index (χ3v) is 10.7. The van der Waals surface area contributed by atoms with E-state index in [1.807, 2.05) is 19.9 Å². The molecule has 35 heavy (non-hydrogen) atoms. The number of carbonyl (C=O) groups is 4. The summed E-state index contributed by atoms with van der Waals surface area (Å²) >= 11 is 2.43. The van der Waals surface area contributed by atoms with Gasteiger partial charge in [0.05, 0.1) is 6.10 Å². The molecule has 0 spiro atoms. The van der Waals surface area contributed by atoms with Crippen LogP contribution >= 0.6 is 22.6 Å². The van der Waals surface area contributed by atoms with Crippen molar-refractivity contribution >= 4 is 46.1 Å². The topological polar surface area (TPSA) is 107 Å². The van der Waals surface area contributed by atoms with E-state index in [2.05, 4.69) is 29.5 Å². The van der Waals surface area contributed by atoms with Crippen molar-refractivity contribution < 1.29 is 33.8 Å². The summed E-state index contributed by atoms with van der Waals surface area (Å²) in [4.78, 5) is 50.1. The number of carbonyl (C=O) groups excluding carboxylic acids is 4. The van der Waals surface area contributed by atoms with Gasteiger partial charge in [0.2, 0.25) is 5.78 Å². The number of esters is 2. The Kier molecular flexibility index (Phi) is 6.88. The maximum atomic E-state index is 13.8. The summed E-state index contributed by atoms with van der Waals surface area (Å²) in [5, 5.41) is 11.7. The zero-order valence-corrected chi connectivity index (χ0v) is 23.2. The van der Waals surface area contributed by atoms with Gasteiger partial charge in [-0.2, -0.15) is 0 Å². The first kappa shape index (κ1) is 26.5. The fraction of sp³-hybridized carbons (Fsp3) is 0.704. The Hall–Kier alpha value is -1.55. The van der Waals surface area contributed by atoms with Gasteiger partial charge >= 0.3 is 11.9 Å². The van der Waals surface area contributed by atoms with Crippen LogP contribution in [0.2, 0.25) is 0 Å². The third-order valence-electron chi connectivity index (χ3n) is 9.41. The van der Waals surface area contributed by atoms with E-state index in [9.17, 15) is 24.3 Å². The lowest BCUT2D eigenvalue weighted by Gasteiger charge is -2.61. The minimum absolute atomic E-state index is 0.00290. The number of allylic oxidation sites excluding steroid dienone is 4. The number of hydrogen-bond donors (Lipinski definition) is 1. The molecule has 0 amide bonds. The molecule has 3 saturated carbocycles. The highest BCUT2D eigenvalue weighted by Crippen LogP contribution is 2.70.